The van der Waals surface area contributed by atoms with Crippen molar-refractivity contribution < 1.29 is 9.21 Å². The van der Waals surface area contributed by atoms with Crippen molar-refractivity contribution in [3.8, 4) is 0 Å². The molecule has 0 saturated heterocycles. The third kappa shape index (κ3) is 2.42. The van der Waals surface area contributed by atoms with Crippen LogP contribution in [0.1, 0.15) is 22.0 Å². The highest BCUT2D eigenvalue weighted by Gasteiger charge is 2.09. The van der Waals surface area contributed by atoms with E-state index in [1.54, 1.807) is 24.4 Å². The first-order valence-electron chi connectivity index (χ1n) is 5.41. The number of benzene rings is 1. The lowest BCUT2D eigenvalue weighted by molar-refractivity contribution is 0.100. The third-order valence-electron chi connectivity index (χ3n) is 2.47. The van der Waals surface area contributed by atoms with E-state index in [9.17, 15) is 4.79 Å². The van der Waals surface area contributed by atoms with Crippen LogP contribution < -0.4 is 16.8 Å². The Labute approximate surface area is 104 Å². The van der Waals surface area contributed by atoms with Crippen LogP contribution in [0.25, 0.3) is 0 Å². The third-order valence-corrected chi connectivity index (χ3v) is 2.47. The van der Waals surface area contributed by atoms with Gasteiger partial charge in [0.1, 0.15) is 5.76 Å². The Bertz CT molecular complexity index is 577. The number of nitrogens with zero attached hydrogens (tertiary/aromatic N) is 1. The molecule has 2 rings (SSSR count). The van der Waals surface area contributed by atoms with E-state index in [-0.39, 0.29) is 0 Å². The number of carbonyl (C=O) groups excluding carboxylic acids is 1. The molecule has 0 bridgehead atoms. The SMILES string of the molecule is Cc1cnc(CNc2cccc(C(N)=O)c2N)o1. The molecular formula is C12H14N4O2. The van der Waals surface area contributed by atoms with Crippen LogP contribution in [0.5, 0.6) is 0 Å². The Morgan fingerprint density at radius 3 is 2.89 bits per heavy atom. The van der Waals surface area contributed by atoms with Gasteiger partial charge in [0.05, 0.1) is 29.7 Å². The summed E-state index contributed by atoms with van der Waals surface area (Å²) in [5.74, 6) is 0.741. The summed E-state index contributed by atoms with van der Waals surface area (Å²) < 4.78 is 5.32. The summed E-state index contributed by atoms with van der Waals surface area (Å²) in [6.45, 7) is 2.21. The Morgan fingerprint density at radius 1 is 1.50 bits per heavy atom. The van der Waals surface area contributed by atoms with Crippen molar-refractivity contribution in [1.29, 1.82) is 0 Å². The van der Waals surface area contributed by atoms with Crippen LogP contribution in [-0.4, -0.2) is 10.9 Å². The molecule has 1 aromatic heterocycles. The van der Waals surface area contributed by atoms with Gasteiger partial charge in [-0.1, -0.05) is 6.07 Å². The smallest absolute Gasteiger partial charge is 0.250 e. The maximum atomic E-state index is 11.1. The fourth-order valence-electron chi connectivity index (χ4n) is 1.59. The molecule has 0 aliphatic carbocycles. The number of nitrogens with one attached hydrogen (secondary N) is 1. The van der Waals surface area contributed by atoms with Crippen LogP contribution in [0.15, 0.2) is 28.8 Å². The van der Waals surface area contributed by atoms with E-state index in [0.717, 1.165) is 5.76 Å². The summed E-state index contributed by atoms with van der Waals surface area (Å²) in [5, 5.41) is 3.05. The number of para-hydroxylation sites is 1. The molecule has 0 atom stereocenters. The van der Waals surface area contributed by atoms with E-state index in [4.69, 9.17) is 15.9 Å². The summed E-state index contributed by atoms with van der Waals surface area (Å²) in [6, 6.07) is 5.05. The van der Waals surface area contributed by atoms with Gasteiger partial charge in [-0.3, -0.25) is 4.79 Å². The molecule has 0 aliphatic heterocycles. The molecule has 1 aromatic carbocycles. The first-order valence-corrected chi connectivity index (χ1v) is 5.41. The van der Waals surface area contributed by atoms with Gasteiger partial charge >= 0.3 is 0 Å². The van der Waals surface area contributed by atoms with E-state index in [0.29, 0.717) is 29.4 Å². The van der Waals surface area contributed by atoms with Gasteiger partial charge in [-0.25, -0.2) is 4.98 Å². The minimum absolute atomic E-state index is 0.295. The Hall–Kier alpha value is -2.50. The first kappa shape index (κ1) is 12.0. The lowest BCUT2D eigenvalue weighted by Gasteiger charge is -2.09. The average molecular weight is 246 g/mol. The number of nitrogens with two attached hydrogens (primary N) is 2. The lowest BCUT2D eigenvalue weighted by atomic mass is 10.1. The summed E-state index contributed by atoms with van der Waals surface area (Å²) in [5.41, 5.74) is 12.3. The van der Waals surface area contributed by atoms with Crippen molar-refractivity contribution in [2.45, 2.75) is 13.5 Å². The van der Waals surface area contributed by atoms with Gasteiger partial charge in [0, 0.05) is 0 Å². The van der Waals surface area contributed by atoms with Crippen LogP contribution in [-0.2, 0) is 6.54 Å². The van der Waals surface area contributed by atoms with Crippen LogP contribution in [0, 0.1) is 6.92 Å². The standard InChI is InChI=1S/C12H14N4O2/c1-7-5-16-10(18-7)6-15-9-4-2-3-8(11(9)13)12(14)17/h2-5,15H,6,13H2,1H3,(H2,14,17). The molecule has 0 fully saturated rings. The summed E-state index contributed by atoms with van der Waals surface area (Å²) in [6.07, 6.45) is 1.64. The number of nitrogen functional groups attached to an aromatic ring is 1. The van der Waals surface area contributed by atoms with Gasteiger partial charge in [0.25, 0.3) is 5.91 Å². The molecule has 1 amide bonds. The van der Waals surface area contributed by atoms with Crippen molar-refractivity contribution in [3.63, 3.8) is 0 Å². The number of primary amides is 1. The van der Waals surface area contributed by atoms with Gasteiger partial charge in [0.15, 0.2) is 0 Å². The summed E-state index contributed by atoms with van der Waals surface area (Å²) in [4.78, 5) is 15.2. The van der Waals surface area contributed by atoms with Crippen LogP contribution in [0.3, 0.4) is 0 Å². The maximum Gasteiger partial charge on any atom is 0.250 e. The van der Waals surface area contributed by atoms with Crippen molar-refractivity contribution in [3.05, 3.63) is 41.6 Å². The predicted octanol–water partition coefficient (Wildman–Crippen LogP) is 1.28. The minimum Gasteiger partial charge on any atom is -0.444 e. The number of hydrogen-bond donors (Lipinski definition) is 3. The second-order valence-corrected chi connectivity index (χ2v) is 3.85. The molecule has 18 heavy (non-hydrogen) atoms. The van der Waals surface area contributed by atoms with Crippen LogP contribution in [0.4, 0.5) is 11.4 Å². The van der Waals surface area contributed by atoms with Gasteiger partial charge < -0.3 is 21.2 Å². The zero-order valence-electron chi connectivity index (χ0n) is 9.93. The van der Waals surface area contributed by atoms with E-state index >= 15 is 0 Å². The van der Waals surface area contributed by atoms with Crippen LogP contribution in [0.2, 0.25) is 0 Å². The number of rotatable bonds is 4. The zero-order valence-corrected chi connectivity index (χ0v) is 9.93. The van der Waals surface area contributed by atoms with Crippen molar-refractivity contribution in [1.82, 2.24) is 4.98 Å². The Morgan fingerprint density at radius 2 is 2.28 bits per heavy atom. The number of aryl methyl sites for hydroxylation is 1. The summed E-state index contributed by atoms with van der Waals surface area (Å²) >= 11 is 0. The van der Waals surface area contributed by atoms with Crippen molar-refractivity contribution in [2.75, 3.05) is 11.1 Å². The van der Waals surface area contributed by atoms with Crippen molar-refractivity contribution >= 4 is 17.3 Å². The number of amides is 1. The number of oxazole rings is 1. The molecule has 0 unspecified atom stereocenters. The van der Waals surface area contributed by atoms with Gasteiger partial charge in [0.2, 0.25) is 5.89 Å². The Balaban J connectivity index is 2.14. The first-order chi connectivity index (χ1) is 8.58. The second kappa shape index (κ2) is 4.79. The fourth-order valence-corrected chi connectivity index (χ4v) is 1.59. The van der Waals surface area contributed by atoms with E-state index in [1.807, 2.05) is 6.92 Å². The molecule has 0 spiro atoms. The van der Waals surface area contributed by atoms with Crippen molar-refractivity contribution in [2.24, 2.45) is 5.73 Å². The number of aromatic nitrogens is 1. The Kier molecular flexibility index (Phi) is 3.18. The molecule has 6 nitrogen and oxygen atoms in total. The molecule has 2 aromatic rings. The molecule has 5 N–H and O–H groups in total. The van der Waals surface area contributed by atoms with E-state index in [2.05, 4.69) is 10.3 Å². The van der Waals surface area contributed by atoms with E-state index in [1.165, 1.54) is 0 Å². The van der Waals surface area contributed by atoms with E-state index < -0.39 is 5.91 Å². The number of anilines is 2. The minimum atomic E-state index is -0.553. The molecular weight excluding hydrogens is 232 g/mol. The molecule has 1 heterocycles. The highest BCUT2D eigenvalue weighted by atomic mass is 16.4. The zero-order chi connectivity index (χ0) is 13.1. The van der Waals surface area contributed by atoms with Gasteiger partial charge in [-0.15, -0.1) is 0 Å². The largest absolute Gasteiger partial charge is 0.444 e. The molecule has 94 valence electrons. The second-order valence-electron chi connectivity index (χ2n) is 3.85. The number of carbonyl (C=O) groups is 1. The maximum absolute atomic E-state index is 11.1. The van der Waals surface area contributed by atoms with Gasteiger partial charge in [-0.2, -0.15) is 0 Å². The van der Waals surface area contributed by atoms with Crippen LogP contribution >= 0.6 is 0 Å². The fraction of sp³-hybridized carbons (Fsp3) is 0.167. The summed E-state index contributed by atoms with van der Waals surface area (Å²) in [7, 11) is 0. The predicted molar refractivity (Wildman–Crippen MR) is 67.9 cm³/mol. The monoisotopic (exact) mass is 246 g/mol. The lowest BCUT2D eigenvalue weighted by Crippen LogP contribution is -2.14. The average Bonchev–Trinajstić information content (AvgIpc) is 2.73. The molecule has 6 heteroatoms. The normalized spacial score (nSPS) is 10.3. The molecule has 0 radical (unpaired) electrons. The molecule has 0 saturated carbocycles. The quantitative estimate of drug-likeness (QED) is 0.704. The highest BCUT2D eigenvalue weighted by molar-refractivity contribution is 6.00. The topological polar surface area (TPSA) is 107 Å². The molecule has 0 aliphatic rings. The van der Waals surface area contributed by atoms with Gasteiger partial charge in [-0.05, 0) is 19.1 Å². The highest BCUT2D eigenvalue weighted by Crippen LogP contribution is 2.22. The number of hydrogen-bond acceptors (Lipinski definition) is 5.